The summed E-state index contributed by atoms with van der Waals surface area (Å²) in [6, 6.07) is 17.9. The Hall–Kier alpha value is -3.98. The Morgan fingerprint density at radius 2 is 1.75 bits per heavy atom. The standard InChI is InChI=1S/C39H49N3O6/c1-38(2,3)48-33(43)20-29-16-8-5-4-6-11-18-31-21-39(31,37(46)47)40-35(44)34-32-25-41(23-30(32)24-42(34)36(29)45)22-26-13-12-17-28(19-26)27-14-9-7-10-15-27/h7,9-15,17-19,29-32,34H,4-6,8,16,20-25H2,1-3H3,(H,40,44)(H,46,47)/b18-11-/t29-,30-,31+,32-,34-,39+/m0/s1. The van der Waals surface area contributed by atoms with Crippen molar-refractivity contribution in [3.8, 4) is 11.1 Å². The molecule has 0 unspecified atom stereocenters. The minimum absolute atomic E-state index is 0.0405. The van der Waals surface area contributed by atoms with Gasteiger partial charge in [0.2, 0.25) is 11.8 Å². The van der Waals surface area contributed by atoms with Crippen molar-refractivity contribution in [3.05, 3.63) is 72.3 Å². The number of benzene rings is 2. The van der Waals surface area contributed by atoms with Gasteiger partial charge in [-0.2, -0.15) is 0 Å². The zero-order valence-electron chi connectivity index (χ0n) is 28.4. The van der Waals surface area contributed by atoms with Gasteiger partial charge in [-0.05, 0) is 75.1 Å². The van der Waals surface area contributed by atoms with Crippen LogP contribution in [0.25, 0.3) is 11.1 Å². The maximum absolute atomic E-state index is 14.4. The second-order valence-corrected chi connectivity index (χ2v) is 15.2. The van der Waals surface area contributed by atoms with Crippen molar-refractivity contribution in [2.24, 2.45) is 23.7 Å². The fraction of sp³-hybridized carbons (Fsp3) is 0.538. The number of carboxylic acids is 1. The molecule has 256 valence electrons. The zero-order chi connectivity index (χ0) is 34.1. The van der Waals surface area contributed by atoms with E-state index >= 15 is 0 Å². The SMILES string of the molecule is CC(C)(C)OC(=O)C[C@@H]1CCCCC/C=C\[C@@H]2C[C@@]2(C(=O)O)NC(=O)[C@@H]2[C@H]3CN(Cc4cccc(-c5ccccc5)c4)C[C@H]3CN2C1=O. The number of ether oxygens (including phenoxy) is 1. The Morgan fingerprint density at radius 3 is 2.50 bits per heavy atom. The molecule has 2 N–H and O–H groups in total. The summed E-state index contributed by atoms with van der Waals surface area (Å²) in [5.74, 6) is -3.06. The number of hydrogen-bond acceptors (Lipinski definition) is 6. The molecule has 2 aromatic rings. The quantitative estimate of drug-likeness (QED) is 0.315. The van der Waals surface area contributed by atoms with Gasteiger partial charge in [0.1, 0.15) is 17.2 Å². The number of carbonyl (C=O) groups excluding carboxylic acids is 3. The lowest BCUT2D eigenvalue weighted by molar-refractivity contribution is -0.159. The van der Waals surface area contributed by atoms with Crippen molar-refractivity contribution in [1.82, 2.24) is 15.1 Å². The summed E-state index contributed by atoms with van der Waals surface area (Å²) in [6.45, 7) is 7.88. The normalized spacial score (nSPS) is 30.2. The predicted molar refractivity (Wildman–Crippen MR) is 182 cm³/mol. The van der Waals surface area contributed by atoms with E-state index in [9.17, 15) is 24.3 Å². The highest BCUT2D eigenvalue weighted by atomic mass is 16.6. The molecule has 1 aliphatic carbocycles. The highest BCUT2D eigenvalue weighted by Crippen LogP contribution is 2.46. The van der Waals surface area contributed by atoms with Gasteiger partial charge in [0.25, 0.3) is 0 Å². The van der Waals surface area contributed by atoms with Gasteiger partial charge < -0.3 is 20.1 Å². The molecule has 0 bridgehead atoms. The fourth-order valence-corrected chi connectivity index (χ4v) is 8.05. The second-order valence-electron chi connectivity index (χ2n) is 15.2. The van der Waals surface area contributed by atoms with Crippen molar-refractivity contribution in [2.45, 2.75) is 89.4 Å². The van der Waals surface area contributed by atoms with Crippen LogP contribution in [0.1, 0.15) is 71.3 Å². The van der Waals surface area contributed by atoms with Gasteiger partial charge in [-0.3, -0.25) is 19.3 Å². The third-order valence-electron chi connectivity index (χ3n) is 10.4. The first-order valence-electron chi connectivity index (χ1n) is 17.5. The maximum Gasteiger partial charge on any atom is 0.330 e. The Balaban J connectivity index is 1.25. The first-order valence-corrected chi connectivity index (χ1v) is 17.5. The number of allylic oxidation sites excluding steroid dienone is 1. The number of rotatable bonds is 6. The van der Waals surface area contributed by atoms with Crippen LogP contribution in [0.3, 0.4) is 0 Å². The molecule has 0 aromatic heterocycles. The molecule has 1 saturated carbocycles. The van der Waals surface area contributed by atoms with Gasteiger partial charge in [-0.1, -0.05) is 73.5 Å². The molecule has 9 nitrogen and oxygen atoms in total. The summed E-state index contributed by atoms with van der Waals surface area (Å²) < 4.78 is 5.62. The second kappa shape index (κ2) is 13.9. The summed E-state index contributed by atoms with van der Waals surface area (Å²) in [5.41, 5.74) is 1.45. The van der Waals surface area contributed by atoms with Crippen molar-refractivity contribution in [2.75, 3.05) is 19.6 Å². The number of hydrogen-bond donors (Lipinski definition) is 2. The maximum atomic E-state index is 14.4. The number of carbonyl (C=O) groups is 4. The lowest BCUT2D eigenvalue weighted by Gasteiger charge is -2.32. The van der Waals surface area contributed by atoms with Gasteiger partial charge in [-0.15, -0.1) is 0 Å². The van der Waals surface area contributed by atoms with Gasteiger partial charge in [0.05, 0.1) is 6.42 Å². The van der Waals surface area contributed by atoms with E-state index in [1.54, 1.807) is 4.90 Å². The molecule has 6 atom stereocenters. The Kier molecular flexibility index (Phi) is 9.79. The van der Waals surface area contributed by atoms with Gasteiger partial charge in [0.15, 0.2) is 0 Å². The molecule has 3 heterocycles. The van der Waals surface area contributed by atoms with Crippen LogP contribution in [0.2, 0.25) is 0 Å². The van der Waals surface area contributed by atoms with Crippen molar-refractivity contribution in [3.63, 3.8) is 0 Å². The van der Waals surface area contributed by atoms with Crippen LogP contribution in [0, 0.1) is 23.7 Å². The summed E-state index contributed by atoms with van der Waals surface area (Å²) in [4.78, 5) is 58.2. The molecule has 2 saturated heterocycles. The molecular weight excluding hydrogens is 606 g/mol. The van der Waals surface area contributed by atoms with Crippen LogP contribution >= 0.6 is 0 Å². The van der Waals surface area contributed by atoms with Crippen LogP contribution < -0.4 is 5.32 Å². The number of carboxylic acid groups (broad SMARTS) is 1. The van der Waals surface area contributed by atoms with E-state index in [4.69, 9.17) is 4.74 Å². The number of likely N-dealkylation sites (tertiary alicyclic amines) is 1. The van der Waals surface area contributed by atoms with Gasteiger partial charge >= 0.3 is 11.9 Å². The zero-order valence-corrected chi connectivity index (χ0v) is 28.4. The van der Waals surface area contributed by atoms with E-state index in [0.29, 0.717) is 32.5 Å². The summed E-state index contributed by atoms with van der Waals surface area (Å²) in [7, 11) is 0. The average Bonchev–Trinajstić information content (AvgIpc) is 3.41. The molecule has 0 radical (unpaired) electrons. The molecule has 3 fully saturated rings. The lowest BCUT2D eigenvalue weighted by atomic mass is 9.92. The van der Waals surface area contributed by atoms with Crippen molar-refractivity contribution >= 4 is 23.8 Å². The van der Waals surface area contributed by atoms with Gasteiger partial charge in [-0.25, -0.2) is 4.79 Å². The molecule has 9 heteroatoms. The predicted octanol–water partition coefficient (Wildman–Crippen LogP) is 5.44. The summed E-state index contributed by atoms with van der Waals surface area (Å²) >= 11 is 0. The first kappa shape index (κ1) is 33.9. The fourth-order valence-electron chi connectivity index (χ4n) is 8.05. The Morgan fingerprint density at radius 1 is 0.979 bits per heavy atom. The monoisotopic (exact) mass is 655 g/mol. The van der Waals surface area contributed by atoms with E-state index in [2.05, 4.69) is 46.6 Å². The van der Waals surface area contributed by atoms with Crippen LogP contribution in [0.4, 0.5) is 0 Å². The largest absolute Gasteiger partial charge is 0.479 e. The van der Waals surface area contributed by atoms with Crippen molar-refractivity contribution < 1.29 is 29.0 Å². The molecule has 48 heavy (non-hydrogen) atoms. The molecule has 0 spiro atoms. The van der Waals surface area contributed by atoms with Gasteiger partial charge in [0, 0.05) is 43.9 Å². The number of amides is 2. The Labute approximate surface area is 283 Å². The third-order valence-corrected chi connectivity index (χ3v) is 10.4. The summed E-state index contributed by atoms with van der Waals surface area (Å²) in [6.07, 6.45) is 8.16. The molecule has 4 aliphatic rings. The highest BCUT2D eigenvalue weighted by Gasteiger charge is 2.62. The minimum Gasteiger partial charge on any atom is -0.479 e. The van der Waals surface area contributed by atoms with Crippen LogP contribution in [0.15, 0.2) is 66.7 Å². The molecule has 2 aromatic carbocycles. The third kappa shape index (κ3) is 7.51. The van der Waals surface area contributed by atoms with E-state index in [1.165, 1.54) is 5.56 Å². The number of fused-ring (bicyclic) bond motifs is 4. The summed E-state index contributed by atoms with van der Waals surface area (Å²) in [5, 5.41) is 13.2. The molecule has 3 aliphatic heterocycles. The highest BCUT2D eigenvalue weighted by molar-refractivity contribution is 5.96. The molecular formula is C39H49N3O6. The Bertz CT molecular complexity index is 1550. The molecule has 2 amide bonds. The van der Waals surface area contributed by atoms with E-state index in [1.807, 2.05) is 51.1 Å². The van der Waals surface area contributed by atoms with Crippen LogP contribution in [-0.2, 0) is 30.5 Å². The number of nitrogens with one attached hydrogen (secondary N) is 1. The number of aliphatic carboxylic acids is 1. The number of esters is 1. The van der Waals surface area contributed by atoms with E-state index in [0.717, 1.165) is 43.4 Å². The lowest BCUT2D eigenvalue weighted by Crippen LogP contribution is -2.56. The average molecular weight is 656 g/mol. The van der Waals surface area contributed by atoms with Crippen molar-refractivity contribution in [1.29, 1.82) is 0 Å². The van der Waals surface area contributed by atoms with Crippen LogP contribution in [0.5, 0.6) is 0 Å². The smallest absolute Gasteiger partial charge is 0.330 e. The minimum atomic E-state index is -1.35. The van der Waals surface area contributed by atoms with E-state index in [-0.39, 0.29) is 30.1 Å². The van der Waals surface area contributed by atoms with Crippen LogP contribution in [-0.4, -0.2) is 75.5 Å². The molecule has 6 rings (SSSR count). The number of nitrogens with zero attached hydrogens (tertiary/aromatic N) is 2. The first-order chi connectivity index (χ1) is 22.9. The van der Waals surface area contributed by atoms with E-state index < -0.39 is 40.9 Å². The topological polar surface area (TPSA) is 116 Å².